The Labute approximate surface area is 152 Å². The first-order valence-corrected chi connectivity index (χ1v) is 9.37. The van der Waals surface area contributed by atoms with Gasteiger partial charge in [-0.1, -0.05) is 43.1 Å². The molecule has 2 N–H and O–H groups in total. The maximum Gasteiger partial charge on any atom is 0.307 e. The van der Waals surface area contributed by atoms with Gasteiger partial charge < -0.3 is 10.4 Å². The molecule has 0 bridgehead atoms. The van der Waals surface area contributed by atoms with E-state index in [1.807, 2.05) is 24.3 Å². The zero-order valence-corrected chi connectivity index (χ0v) is 16.1. The molecule has 5 heteroatoms. The highest BCUT2D eigenvalue weighted by atomic mass is 79.9. The first-order valence-electron chi connectivity index (χ1n) is 8.57. The van der Waals surface area contributed by atoms with E-state index in [0.717, 1.165) is 30.2 Å². The van der Waals surface area contributed by atoms with Crippen LogP contribution in [0, 0.1) is 23.2 Å². The van der Waals surface area contributed by atoms with Gasteiger partial charge in [-0.2, -0.15) is 0 Å². The van der Waals surface area contributed by atoms with Gasteiger partial charge in [0.15, 0.2) is 0 Å². The molecule has 132 valence electrons. The number of nitrogens with one attached hydrogen (secondary N) is 1. The smallest absolute Gasteiger partial charge is 0.307 e. The van der Waals surface area contributed by atoms with Gasteiger partial charge in [-0.15, -0.1) is 0 Å². The first kappa shape index (κ1) is 19.0. The fraction of sp³-hybridized carbons (Fsp3) is 0.579. The number of rotatable bonds is 8. The van der Waals surface area contributed by atoms with Crippen LogP contribution < -0.4 is 5.32 Å². The molecule has 1 amide bonds. The van der Waals surface area contributed by atoms with Gasteiger partial charge in [0, 0.05) is 10.2 Å². The Balaban J connectivity index is 2.25. The van der Waals surface area contributed by atoms with Gasteiger partial charge in [-0.25, -0.2) is 0 Å². The number of halogens is 1. The minimum Gasteiger partial charge on any atom is -0.481 e. The SMILES string of the molecule is CCCC(C(C(=O)Nc1ccc(Br)cc1)C(C)C(=O)O)C1(C)CC1. The molecular weight excluding hydrogens is 370 g/mol. The Hall–Kier alpha value is -1.36. The Bertz CT molecular complexity index is 595. The third-order valence-corrected chi connectivity index (χ3v) is 5.84. The molecule has 2 rings (SSSR count). The fourth-order valence-electron chi connectivity index (χ4n) is 3.51. The minimum absolute atomic E-state index is 0.0987. The molecule has 3 unspecified atom stereocenters. The summed E-state index contributed by atoms with van der Waals surface area (Å²) in [7, 11) is 0. The van der Waals surface area contributed by atoms with Crippen molar-refractivity contribution in [2.45, 2.75) is 46.5 Å². The van der Waals surface area contributed by atoms with Crippen LogP contribution in [0.2, 0.25) is 0 Å². The molecule has 1 aromatic rings. The standard InChI is InChI=1S/C19H26BrNO3/c1-4-5-15(19(3)10-11-19)16(12(2)18(23)24)17(22)21-14-8-6-13(20)7-9-14/h6-9,12,15-16H,4-5,10-11H2,1-3H3,(H,21,22)(H,23,24). The summed E-state index contributed by atoms with van der Waals surface area (Å²) in [5, 5.41) is 12.4. The van der Waals surface area contributed by atoms with Crippen LogP contribution in [0.5, 0.6) is 0 Å². The fourth-order valence-corrected chi connectivity index (χ4v) is 3.78. The number of amides is 1. The average Bonchev–Trinajstić information content (AvgIpc) is 3.27. The zero-order valence-electron chi connectivity index (χ0n) is 14.5. The maximum absolute atomic E-state index is 12.9. The van der Waals surface area contributed by atoms with Crippen LogP contribution >= 0.6 is 15.9 Å². The number of carbonyl (C=O) groups excluding carboxylic acids is 1. The lowest BCUT2D eigenvalue weighted by atomic mass is 9.71. The molecule has 3 atom stereocenters. The number of aliphatic carboxylic acids is 1. The van der Waals surface area contributed by atoms with Crippen LogP contribution in [-0.2, 0) is 9.59 Å². The second-order valence-corrected chi connectivity index (χ2v) is 8.11. The van der Waals surface area contributed by atoms with Crippen LogP contribution in [0.15, 0.2) is 28.7 Å². The lowest BCUT2D eigenvalue weighted by molar-refractivity contribution is -0.147. The number of hydrogen-bond donors (Lipinski definition) is 2. The highest BCUT2D eigenvalue weighted by molar-refractivity contribution is 9.10. The van der Waals surface area contributed by atoms with E-state index in [2.05, 4.69) is 35.1 Å². The van der Waals surface area contributed by atoms with Crippen molar-refractivity contribution in [3.05, 3.63) is 28.7 Å². The number of hydrogen-bond acceptors (Lipinski definition) is 2. The van der Waals surface area contributed by atoms with E-state index < -0.39 is 17.8 Å². The quantitative estimate of drug-likeness (QED) is 0.654. The van der Waals surface area contributed by atoms with Crippen molar-refractivity contribution in [2.75, 3.05) is 5.32 Å². The molecule has 1 aliphatic carbocycles. The Morgan fingerprint density at radius 2 is 1.88 bits per heavy atom. The van der Waals surface area contributed by atoms with E-state index in [0.29, 0.717) is 5.69 Å². The molecule has 0 aromatic heterocycles. The number of carboxylic acids is 1. The van der Waals surface area contributed by atoms with Crippen LogP contribution in [0.25, 0.3) is 0 Å². The predicted molar refractivity (Wildman–Crippen MR) is 98.8 cm³/mol. The summed E-state index contributed by atoms with van der Waals surface area (Å²) in [6.07, 6.45) is 3.99. The lowest BCUT2D eigenvalue weighted by Gasteiger charge is -2.33. The van der Waals surface area contributed by atoms with Gasteiger partial charge in [0.2, 0.25) is 5.91 Å². The average molecular weight is 396 g/mol. The molecule has 0 spiro atoms. The first-order chi connectivity index (χ1) is 11.3. The highest BCUT2D eigenvalue weighted by Crippen LogP contribution is 2.56. The van der Waals surface area contributed by atoms with Crippen molar-refractivity contribution < 1.29 is 14.7 Å². The van der Waals surface area contributed by atoms with Gasteiger partial charge in [0.25, 0.3) is 0 Å². The molecule has 4 nitrogen and oxygen atoms in total. The lowest BCUT2D eigenvalue weighted by Crippen LogP contribution is -2.40. The van der Waals surface area contributed by atoms with Crippen molar-refractivity contribution >= 4 is 33.5 Å². The van der Waals surface area contributed by atoms with Crippen molar-refractivity contribution in [1.29, 1.82) is 0 Å². The largest absolute Gasteiger partial charge is 0.481 e. The topological polar surface area (TPSA) is 66.4 Å². The monoisotopic (exact) mass is 395 g/mol. The minimum atomic E-state index is -0.906. The summed E-state index contributed by atoms with van der Waals surface area (Å²) in [6, 6.07) is 7.35. The molecule has 24 heavy (non-hydrogen) atoms. The van der Waals surface area contributed by atoms with Gasteiger partial charge in [-0.3, -0.25) is 9.59 Å². The third-order valence-electron chi connectivity index (χ3n) is 5.31. The number of carbonyl (C=O) groups is 2. The van der Waals surface area contributed by atoms with Crippen molar-refractivity contribution in [3.8, 4) is 0 Å². The highest BCUT2D eigenvalue weighted by Gasteiger charge is 2.51. The third kappa shape index (κ3) is 4.38. The summed E-state index contributed by atoms with van der Waals surface area (Å²) < 4.78 is 0.935. The van der Waals surface area contributed by atoms with E-state index >= 15 is 0 Å². The summed E-state index contributed by atoms with van der Waals surface area (Å²) in [5.74, 6) is -2.20. The van der Waals surface area contributed by atoms with E-state index in [4.69, 9.17) is 0 Å². The van der Waals surface area contributed by atoms with Crippen LogP contribution in [-0.4, -0.2) is 17.0 Å². The van der Waals surface area contributed by atoms with Crippen molar-refractivity contribution in [2.24, 2.45) is 23.2 Å². The maximum atomic E-state index is 12.9. The number of carboxylic acid groups (broad SMARTS) is 1. The second kappa shape index (κ2) is 7.68. The summed E-state index contributed by atoms with van der Waals surface area (Å²) in [5.41, 5.74) is 0.795. The van der Waals surface area contributed by atoms with Crippen molar-refractivity contribution in [3.63, 3.8) is 0 Å². The summed E-state index contributed by atoms with van der Waals surface area (Å²) in [6.45, 7) is 5.93. The Morgan fingerprint density at radius 3 is 2.33 bits per heavy atom. The molecular formula is C19H26BrNO3. The molecule has 1 saturated carbocycles. The normalized spacial score (nSPS) is 19.2. The molecule has 0 saturated heterocycles. The van der Waals surface area contributed by atoms with Gasteiger partial charge in [0.05, 0.1) is 11.8 Å². The second-order valence-electron chi connectivity index (χ2n) is 7.20. The predicted octanol–water partition coefficient (Wildman–Crippen LogP) is 4.94. The van der Waals surface area contributed by atoms with Gasteiger partial charge in [0.1, 0.15) is 0 Å². The van der Waals surface area contributed by atoms with Gasteiger partial charge in [-0.05, 0) is 54.9 Å². The van der Waals surface area contributed by atoms with E-state index in [-0.39, 0.29) is 17.2 Å². The molecule has 0 heterocycles. The number of anilines is 1. The molecule has 1 fully saturated rings. The van der Waals surface area contributed by atoms with Crippen LogP contribution in [0.1, 0.15) is 46.5 Å². The van der Waals surface area contributed by atoms with Gasteiger partial charge >= 0.3 is 5.97 Å². The van der Waals surface area contributed by atoms with E-state index in [1.165, 1.54) is 0 Å². The molecule has 1 aliphatic rings. The molecule has 1 aromatic carbocycles. The Morgan fingerprint density at radius 1 is 1.29 bits per heavy atom. The zero-order chi connectivity index (χ0) is 17.9. The van der Waals surface area contributed by atoms with E-state index in [1.54, 1.807) is 6.92 Å². The Kier molecular flexibility index (Phi) is 6.07. The van der Waals surface area contributed by atoms with E-state index in [9.17, 15) is 14.7 Å². The number of benzene rings is 1. The molecule has 0 radical (unpaired) electrons. The molecule has 0 aliphatic heterocycles. The van der Waals surface area contributed by atoms with Crippen LogP contribution in [0.3, 0.4) is 0 Å². The van der Waals surface area contributed by atoms with Crippen LogP contribution in [0.4, 0.5) is 5.69 Å². The summed E-state index contributed by atoms with van der Waals surface area (Å²) in [4.78, 5) is 24.6. The van der Waals surface area contributed by atoms with Crippen molar-refractivity contribution in [1.82, 2.24) is 0 Å². The summed E-state index contributed by atoms with van der Waals surface area (Å²) >= 11 is 3.37.